The van der Waals surface area contributed by atoms with Gasteiger partial charge in [-0.1, -0.05) is 47.5 Å². The van der Waals surface area contributed by atoms with Crippen molar-refractivity contribution in [1.82, 2.24) is 5.43 Å². The first-order valence-electron chi connectivity index (χ1n) is 6.35. The van der Waals surface area contributed by atoms with E-state index < -0.39 is 0 Å². The van der Waals surface area contributed by atoms with Crippen molar-refractivity contribution < 1.29 is 4.74 Å². The molecule has 5 nitrogen and oxygen atoms in total. The molecule has 0 unspecified atom stereocenters. The van der Waals surface area contributed by atoms with Crippen LogP contribution in [0.1, 0.15) is 11.1 Å². The van der Waals surface area contributed by atoms with Crippen molar-refractivity contribution >= 4 is 35.4 Å². The Kier molecular flexibility index (Phi) is 5.63. The second kappa shape index (κ2) is 7.68. The lowest BCUT2D eigenvalue weighted by molar-refractivity contribution is 0.306. The fourth-order valence-corrected chi connectivity index (χ4v) is 2.01. The number of ether oxygens (including phenoxy) is 1. The highest BCUT2D eigenvalue weighted by atomic mass is 35.5. The summed E-state index contributed by atoms with van der Waals surface area (Å²) in [7, 11) is 0. The van der Waals surface area contributed by atoms with Crippen LogP contribution in [0.3, 0.4) is 0 Å². The molecule has 0 aliphatic carbocycles. The van der Waals surface area contributed by atoms with Crippen molar-refractivity contribution in [3.8, 4) is 5.75 Å². The van der Waals surface area contributed by atoms with Crippen LogP contribution in [0, 0.1) is 5.41 Å². The van der Waals surface area contributed by atoms with Gasteiger partial charge >= 0.3 is 0 Å². The number of nitrogens with two attached hydrogens (primary N) is 1. The van der Waals surface area contributed by atoms with Crippen LogP contribution in [0.5, 0.6) is 5.75 Å². The van der Waals surface area contributed by atoms with E-state index in [-0.39, 0.29) is 5.96 Å². The lowest BCUT2D eigenvalue weighted by Crippen LogP contribution is -2.25. The molecule has 0 aliphatic rings. The molecule has 0 radical (unpaired) electrons. The van der Waals surface area contributed by atoms with Crippen LogP contribution in [0.15, 0.2) is 47.6 Å². The van der Waals surface area contributed by atoms with Gasteiger partial charge in [0.25, 0.3) is 0 Å². The van der Waals surface area contributed by atoms with E-state index in [0.717, 1.165) is 5.56 Å². The zero-order chi connectivity index (χ0) is 15.9. The molecule has 7 heteroatoms. The highest BCUT2D eigenvalue weighted by Crippen LogP contribution is 2.28. The van der Waals surface area contributed by atoms with E-state index in [2.05, 4.69) is 10.5 Å². The van der Waals surface area contributed by atoms with Crippen LogP contribution in [0.25, 0.3) is 0 Å². The summed E-state index contributed by atoms with van der Waals surface area (Å²) in [6, 6.07) is 12.7. The summed E-state index contributed by atoms with van der Waals surface area (Å²) in [6.07, 6.45) is 1.47. The van der Waals surface area contributed by atoms with Crippen LogP contribution in [-0.4, -0.2) is 12.2 Å². The summed E-state index contributed by atoms with van der Waals surface area (Å²) in [6.45, 7) is 0.378. The van der Waals surface area contributed by atoms with Crippen molar-refractivity contribution in [3.05, 3.63) is 63.6 Å². The zero-order valence-electron chi connectivity index (χ0n) is 11.5. The lowest BCUT2D eigenvalue weighted by atomic mass is 10.2. The van der Waals surface area contributed by atoms with Crippen molar-refractivity contribution in [1.29, 1.82) is 5.41 Å². The van der Waals surface area contributed by atoms with Crippen molar-refractivity contribution in [2.45, 2.75) is 6.61 Å². The van der Waals surface area contributed by atoms with Crippen molar-refractivity contribution in [2.75, 3.05) is 0 Å². The predicted octanol–water partition coefficient (Wildman–Crippen LogP) is 3.39. The maximum atomic E-state index is 7.02. The van der Waals surface area contributed by atoms with E-state index in [4.69, 9.17) is 39.1 Å². The maximum absolute atomic E-state index is 7.02. The van der Waals surface area contributed by atoms with Crippen molar-refractivity contribution in [2.24, 2.45) is 10.8 Å². The van der Waals surface area contributed by atoms with Gasteiger partial charge in [-0.25, -0.2) is 5.43 Å². The topological polar surface area (TPSA) is 83.5 Å². The van der Waals surface area contributed by atoms with E-state index in [1.165, 1.54) is 6.21 Å². The quantitative estimate of drug-likeness (QED) is 0.444. The number of nitrogens with one attached hydrogen (secondary N) is 2. The number of nitrogens with zero attached hydrogens (tertiary/aromatic N) is 1. The Morgan fingerprint density at radius 1 is 1.23 bits per heavy atom. The Hall–Kier alpha value is -2.24. The average Bonchev–Trinajstić information content (AvgIpc) is 2.49. The first-order chi connectivity index (χ1) is 10.6. The molecular formula is C15H14Cl2N4O. The maximum Gasteiger partial charge on any atom is 0.206 e. The van der Waals surface area contributed by atoms with Gasteiger partial charge in [0.15, 0.2) is 0 Å². The summed E-state index contributed by atoms with van der Waals surface area (Å²) < 4.78 is 5.71. The first-order valence-corrected chi connectivity index (χ1v) is 7.10. The smallest absolute Gasteiger partial charge is 0.206 e. The Balaban J connectivity index is 2.06. The van der Waals surface area contributed by atoms with Gasteiger partial charge in [-0.3, -0.25) is 5.41 Å². The first kappa shape index (κ1) is 16.1. The summed E-state index contributed by atoms with van der Waals surface area (Å²) >= 11 is 12.1. The molecule has 0 amide bonds. The van der Waals surface area contributed by atoms with Crippen molar-refractivity contribution in [3.63, 3.8) is 0 Å². The van der Waals surface area contributed by atoms with Gasteiger partial charge in [0.05, 0.1) is 11.2 Å². The third-order valence-corrected chi connectivity index (χ3v) is 3.35. The van der Waals surface area contributed by atoms with Crippen LogP contribution in [0.2, 0.25) is 10.0 Å². The number of halogens is 2. The lowest BCUT2D eigenvalue weighted by Gasteiger charge is -2.09. The molecule has 2 aromatic rings. The van der Waals surface area contributed by atoms with Crippen LogP contribution < -0.4 is 15.9 Å². The number of rotatable bonds is 5. The standard InChI is InChI=1S/C15H14Cl2N4O/c16-12-6-4-10(5-7-12)9-22-13-3-1-2-11(14(13)17)8-20-21-15(18)19/h1-8H,9H2,(H4,18,19,21). The number of hydrogen-bond acceptors (Lipinski definition) is 3. The second-order valence-electron chi connectivity index (χ2n) is 4.36. The molecule has 0 heterocycles. The molecule has 0 aromatic heterocycles. The molecule has 0 bridgehead atoms. The molecule has 2 rings (SSSR count). The molecule has 0 atom stereocenters. The van der Waals surface area contributed by atoms with E-state index in [9.17, 15) is 0 Å². The third kappa shape index (κ3) is 4.65. The number of hydrazone groups is 1. The molecule has 0 saturated heterocycles. The Morgan fingerprint density at radius 2 is 1.95 bits per heavy atom. The Labute approximate surface area is 138 Å². The minimum Gasteiger partial charge on any atom is -0.487 e. The summed E-state index contributed by atoms with van der Waals surface area (Å²) in [5, 5.41) is 11.9. The van der Waals surface area contributed by atoms with E-state index in [0.29, 0.717) is 28.0 Å². The normalized spacial score (nSPS) is 10.6. The van der Waals surface area contributed by atoms with Crippen LogP contribution >= 0.6 is 23.2 Å². The largest absolute Gasteiger partial charge is 0.487 e. The fourth-order valence-electron chi connectivity index (χ4n) is 1.65. The van der Waals surface area contributed by atoms with Gasteiger partial charge < -0.3 is 10.5 Å². The number of benzene rings is 2. The molecule has 114 valence electrons. The molecule has 0 spiro atoms. The molecule has 22 heavy (non-hydrogen) atoms. The summed E-state index contributed by atoms with van der Waals surface area (Å²) in [5.74, 6) is 0.297. The minimum atomic E-state index is -0.248. The minimum absolute atomic E-state index is 0.248. The fraction of sp³-hybridized carbons (Fsp3) is 0.0667. The van der Waals surface area contributed by atoms with E-state index in [1.54, 1.807) is 30.3 Å². The molecule has 4 N–H and O–H groups in total. The Bertz CT molecular complexity index is 686. The van der Waals surface area contributed by atoms with Gasteiger partial charge in [0.2, 0.25) is 5.96 Å². The highest BCUT2D eigenvalue weighted by molar-refractivity contribution is 6.34. The summed E-state index contributed by atoms with van der Waals surface area (Å²) in [5.41, 5.74) is 9.10. The molecule has 0 fully saturated rings. The Morgan fingerprint density at radius 3 is 2.64 bits per heavy atom. The van der Waals surface area contributed by atoms with Gasteiger partial charge in [0.1, 0.15) is 12.4 Å². The van der Waals surface area contributed by atoms with Crippen LogP contribution in [-0.2, 0) is 6.61 Å². The monoisotopic (exact) mass is 336 g/mol. The zero-order valence-corrected chi connectivity index (χ0v) is 13.0. The predicted molar refractivity (Wildman–Crippen MR) is 89.9 cm³/mol. The van der Waals surface area contributed by atoms with Gasteiger partial charge in [0, 0.05) is 10.6 Å². The van der Waals surface area contributed by atoms with Crippen LogP contribution in [0.4, 0.5) is 0 Å². The highest BCUT2D eigenvalue weighted by Gasteiger charge is 2.06. The van der Waals surface area contributed by atoms with Gasteiger partial charge in [-0.15, -0.1) is 0 Å². The van der Waals surface area contributed by atoms with E-state index >= 15 is 0 Å². The number of guanidine groups is 1. The molecule has 2 aromatic carbocycles. The number of hydrogen-bond donors (Lipinski definition) is 3. The summed E-state index contributed by atoms with van der Waals surface area (Å²) in [4.78, 5) is 0. The third-order valence-electron chi connectivity index (χ3n) is 2.69. The van der Waals surface area contributed by atoms with E-state index in [1.807, 2.05) is 12.1 Å². The average molecular weight is 337 g/mol. The molecular weight excluding hydrogens is 323 g/mol. The SMILES string of the molecule is N=C(N)NN=Cc1cccc(OCc2ccc(Cl)cc2)c1Cl. The van der Waals surface area contributed by atoms with Gasteiger partial charge in [-0.05, 0) is 23.8 Å². The van der Waals surface area contributed by atoms with Gasteiger partial charge in [-0.2, -0.15) is 5.10 Å². The molecule has 0 aliphatic heterocycles. The second-order valence-corrected chi connectivity index (χ2v) is 5.17. The molecule has 0 saturated carbocycles.